The predicted octanol–water partition coefficient (Wildman–Crippen LogP) is 1.55. The van der Waals surface area contributed by atoms with Gasteiger partial charge in [0.05, 0.1) is 12.1 Å². The van der Waals surface area contributed by atoms with Gasteiger partial charge >= 0.3 is 0 Å². The van der Waals surface area contributed by atoms with Crippen molar-refractivity contribution in [2.24, 2.45) is 13.0 Å². The van der Waals surface area contributed by atoms with Crippen LogP contribution in [0.4, 0.5) is 0 Å². The maximum Gasteiger partial charge on any atom is 0.227 e. The van der Waals surface area contributed by atoms with Crippen LogP contribution in [-0.4, -0.2) is 46.8 Å². The molecular weight excluding hydrogens is 288 g/mol. The largest absolute Gasteiger partial charge is 0.342 e. The molecule has 1 N–H and O–H groups in total. The molecule has 2 atom stereocenters. The summed E-state index contributed by atoms with van der Waals surface area (Å²) in [6, 6.07) is 0. The molecule has 1 amide bonds. The summed E-state index contributed by atoms with van der Waals surface area (Å²) in [5, 5.41) is 7.63. The van der Waals surface area contributed by atoms with Crippen LogP contribution in [0, 0.1) is 5.92 Å². The molecule has 1 aromatic heterocycles. The summed E-state index contributed by atoms with van der Waals surface area (Å²) < 4.78 is 1.82. The third kappa shape index (κ3) is 3.58. The lowest BCUT2D eigenvalue weighted by atomic mass is 9.89. The quantitative estimate of drug-likeness (QED) is 0.901. The van der Waals surface area contributed by atoms with Crippen LogP contribution < -0.4 is 5.32 Å². The van der Waals surface area contributed by atoms with Crippen molar-refractivity contribution in [2.45, 2.75) is 31.6 Å². The smallest absolute Gasteiger partial charge is 0.227 e. The molecule has 0 bridgehead atoms. The first-order valence-electron chi connectivity index (χ1n) is 7.74. The zero-order valence-electron chi connectivity index (χ0n) is 12.6. The zero-order valence-corrected chi connectivity index (χ0v) is 13.4. The number of rotatable bonds is 2. The van der Waals surface area contributed by atoms with Crippen LogP contribution in [0.15, 0.2) is 12.4 Å². The average molecular weight is 313 g/mol. The zero-order chi connectivity index (χ0) is 13.9. The summed E-state index contributed by atoms with van der Waals surface area (Å²) in [7, 11) is 1.93. The molecule has 2 fully saturated rings. The van der Waals surface area contributed by atoms with Crippen LogP contribution in [0.1, 0.15) is 37.2 Å². The molecule has 0 unspecified atom stereocenters. The van der Waals surface area contributed by atoms with Crippen LogP contribution in [0.25, 0.3) is 0 Å². The van der Waals surface area contributed by atoms with Gasteiger partial charge in [0.2, 0.25) is 5.91 Å². The maximum absolute atomic E-state index is 12.8. The molecule has 5 nitrogen and oxygen atoms in total. The third-order valence-corrected chi connectivity index (χ3v) is 4.60. The second kappa shape index (κ2) is 7.27. The monoisotopic (exact) mass is 312 g/mol. The van der Waals surface area contributed by atoms with Gasteiger partial charge in [-0.2, -0.15) is 5.10 Å². The van der Waals surface area contributed by atoms with Crippen molar-refractivity contribution in [1.29, 1.82) is 0 Å². The Morgan fingerprint density at radius 3 is 2.57 bits per heavy atom. The minimum absolute atomic E-state index is 0. The van der Waals surface area contributed by atoms with E-state index in [9.17, 15) is 4.79 Å². The predicted molar refractivity (Wildman–Crippen MR) is 84.6 cm³/mol. The highest BCUT2D eigenvalue weighted by Crippen LogP contribution is 2.29. The van der Waals surface area contributed by atoms with Crippen LogP contribution in [0.3, 0.4) is 0 Å². The van der Waals surface area contributed by atoms with Crippen LogP contribution in [0.2, 0.25) is 0 Å². The first-order chi connectivity index (χ1) is 9.75. The van der Waals surface area contributed by atoms with Crippen molar-refractivity contribution in [3.05, 3.63) is 18.0 Å². The number of carbonyl (C=O) groups is 1. The number of halogens is 1. The Balaban J connectivity index is 0.00000161. The molecule has 0 saturated carbocycles. The SMILES string of the molecule is Cl.Cn1cc([C@H]2CNC[C@@H]2C(=O)N2CCCCCC2)cn1. The summed E-state index contributed by atoms with van der Waals surface area (Å²) in [5.74, 6) is 0.697. The molecule has 21 heavy (non-hydrogen) atoms. The number of likely N-dealkylation sites (tertiary alicyclic amines) is 1. The average Bonchev–Trinajstić information content (AvgIpc) is 2.99. The van der Waals surface area contributed by atoms with E-state index in [1.54, 1.807) is 0 Å². The molecule has 1 aromatic rings. The summed E-state index contributed by atoms with van der Waals surface area (Å²) in [5.41, 5.74) is 1.19. The maximum atomic E-state index is 12.8. The standard InChI is InChI=1S/C15H24N4O.ClH/c1-18-11-12(8-17-18)13-9-16-10-14(13)15(20)19-6-4-2-3-5-7-19;/h8,11,13-14,16H,2-7,9-10H2,1H3;1H/t13-,14+;/m1./s1. The summed E-state index contributed by atoms with van der Waals surface area (Å²) in [6.07, 6.45) is 8.78. The fraction of sp³-hybridized carbons (Fsp3) is 0.733. The van der Waals surface area contributed by atoms with Crippen molar-refractivity contribution in [2.75, 3.05) is 26.2 Å². The molecule has 0 radical (unpaired) electrons. The van der Waals surface area contributed by atoms with E-state index in [2.05, 4.69) is 15.3 Å². The molecule has 3 heterocycles. The number of amides is 1. The molecule has 0 aliphatic carbocycles. The van der Waals surface area contributed by atoms with E-state index < -0.39 is 0 Å². The van der Waals surface area contributed by atoms with Crippen molar-refractivity contribution in [3.63, 3.8) is 0 Å². The lowest BCUT2D eigenvalue weighted by molar-refractivity contribution is -0.135. The molecule has 2 aliphatic heterocycles. The molecule has 3 rings (SSSR count). The van der Waals surface area contributed by atoms with Gasteiger partial charge in [-0.05, 0) is 18.4 Å². The van der Waals surface area contributed by atoms with Gasteiger partial charge in [0.25, 0.3) is 0 Å². The molecule has 2 aliphatic rings. The number of hydrogen-bond acceptors (Lipinski definition) is 3. The minimum atomic E-state index is 0. The van der Waals surface area contributed by atoms with Crippen LogP contribution in [0.5, 0.6) is 0 Å². The van der Waals surface area contributed by atoms with E-state index >= 15 is 0 Å². The van der Waals surface area contributed by atoms with Gasteiger partial charge in [-0.15, -0.1) is 12.4 Å². The Morgan fingerprint density at radius 2 is 1.95 bits per heavy atom. The normalized spacial score (nSPS) is 26.2. The summed E-state index contributed by atoms with van der Waals surface area (Å²) in [6.45, 7) is 3.56. The Bertz CT molecular complexity index is 468. The van der Waals surface area contributed by atoms with E-state index in [0.717, 1.165) is 39.0 Å². The first-order valence-corrected chi connectivity index (χ1v) is 7.74. The number of nitrogens with zero attached hydrogens (tertiary/aromatic N) is 3. The van der Waals surface area contributed by atoms with Crippen LogP contribution in [-0.2, 0) is 11.8 Å². The number of aryl methyl sites for hydroxylation is 1. The number of aromatic nitrogens is 2. The van der Waals surface area contributed by atoms with Gasteiger partial charge in [0.1, 0.15) is 0 Å². The van der Waals surface area contributed by atoms with Gasteiger partial charge in [-0.25, -0.2) is 0 Å². The fourth-order valence-corrected chi connectivity index (χ4v) is 3.45. The van der Waals surface area contributed by atoms with Crippen LogP contribution >= 0.6 is 12.4 Å². The van der Waals surface area contributed by atoms with Crippen molar-refractivity contribution >= 4 is 18.3 Å². The van der Waals surface area contributed by atoms with Gasteiger partial charge in [-0.1, -0.05) is 12.8 Å². The number of carbonyl (C=O) groups excluding carboxylic acids is 1. The molecule has 118 valence electrons. The van der Waals surface area contributed by atoms with Gasteiger partial charge in [-0.3, -0.25) is 9.48 Å². The Hall–Kier alpha value is -1.07. The summed E-state index contributed by atoms with van der Waals surface area (Å²) in [4.78, 5) is 14.9. The van der Waals surface area contributed by atoms with E-state index in [-0.39, 0.29) is 24.2 Å². The summed E-state index contributed by atoms with van der Waals surface area (Å²) >= 11 is 0. The molecule has 2 saturated heterocycles. The highest BCUT2D eigenvalue weighted by atomic mass is 35.5. The second-order valence-electron chi connectivity index (χ2n) is 6.06. The van der Waals surface area contributed by atoms with Gasteiger partial charge < -0.3 is 10.2 Å². The highest BCUT2D eigenvalue weighted by molar-refractivity contribution is 5.85. The first kappa shape index (κ1) is 16.3. The molecule has 0 spiro atoms. The van der Waals surface area contributed by atoms with E-state index in [1.807, 2.05) is 24.1 Å². The lowest BCUT2D eigenvalue weighted by Gasteiger charge is -2.26. The topological polar surface area (TPSA) is 50.2 Å². The second-order valence-corrected chi connectivity index (χ2v) is 6.06. The number of hydrogen-bond donors (Lipinski definition) is 1. The minimum Gasteiger partial charge on any atom is -0.342 e. The van der Waals surface area contributed by atoms with Crippen molar-refractivity contribution in [3.8, 4) is 0 Å². The molecule has 0 aromatic carbocycles. The van der Waals surface area contributed by atoms with Gasteiger partial charge in [0.15, 0.2) is 0 Å². The van der Waals surface area contributed by atoms with E-state index in [4.69, 9.17) is 0 Å². The highest BCUT2D eigenvalue weighted by Gasteiger charge is 2.36. The van der Waals surface area contributed by atoms with Gasteiger partial charge in [0, 0.05) is 45.3 Å². The lowest BCUT2D eigenvalue weighted by Crippen LogP contribution is -2.39. The molecule has 6 heteroatoms. The Kier molecular flexibility index (Phi) is 5.65. The van der Waals surface area contributed by atoms with E-state index in [0.29, 0.717) is 5.91 Å². The Morgan fingerprint density at radius 1 is 1.24 bits per heavy atom. The number of nitrogens with one attached hydrogen (secondary N) is 1. The third-order valence-electron chi connectivity index (χ3n) is 4.60. The van der Waals surface area contributed by atoms with E-state index in [1.165, 1.54) is 18.4 Å². The van der Waals surface area contributed by atoms with Crippen molar-refractivity contribution in [1.82, 2.24) is 20.0 Å². The fourth-order valence-electron chi connectivity index (χ4n) is 3.45. The Labute approximate surface area is 132 Å². The van der Waals surface area contributed by atoms with Crippen molar-refractivity contribution < 1.29 is 4.79 Å². The molecular formula is C15H25ClN4O.